The molecule has 4 nitrogen and oxygen atoms in total. The number of hydrogen-bond donors (Lipinski definition) is 0. The minimum Gasteiger partial charge on any atom is -0.494 e. The van der Waals surface area contributed by atoms with E-state index in [1.165, 1.54) is 0 Å². The van der Waals surface area contributed by atoms with Gasteiger partial charge in [0.1, 0.15) is 11.5 Å². The Hall–Kier alpha value is -0.970. The fourth-order valence-corrected chi connectivity index (χ4v) is 1.70. The van der Waals surface area contributed by atoms with Crippen LogP contribution < -0.4 is 9.47 Å². The number of hydrogen-bond acceptors (Lipinski definition) is 4. The molecule has 1 fully saturated rings. The van der Waals surface area contributed by atoms with Crippen LogP contribution in [0.25, 0.3) is 0 Å². The van der Waals surface area contributed by atoms with E-state index in [1.54, 1.807) is 24.3 Å². The van der Waals surface area contributed by atoms with Gasteiger partial charge in [0.25, 0.3) is 0 Å². The zero-order valence-corrected chi connectivity index (χ0v) is 13.4. The van der Waals surface area contributed by atoms with Gasteiger partial charge in [-0.05, 0) is 37.1 Å². The zero-order chi connectivity index (χ0) is 21.9. The summed E-state index contributed by atoms with van der Waals surface area (Å²) in [6.07, 6.45) is 2.17. The molecule has 1 heterocycles. The van der Waals surface area contributed by atoms with Gasteiger partial charge in [0, 0.05) is 25.0 Å². The molecule has 5 heteroatoms. The van der Waals surface area contributed by atoms with Crippen LogP contribution in [0.5, 0.6) is 11.5 Å². The second-order valence-electron chi connectivity index (χ2n) is 4.56. The summed E-state index contributed by atoms with van der Waals surface area (Å²) in [6.45, 7) is -9.18. The maximum absolute atomic E-state index is 7.94. The van der Waals surface area contributed by atoms with Gasteiger partial charge >= 0.3 is 0 Å². The van der Waals surface area contributed by atoms with Crippen LogP contribution in [0.1, 0.15) is 37.2 Å². The van der Waals surface area contributed by atoms with E-state index in [9.17, 15) is 0 Å². The number of morpholine rings is 1. The monoisotopic (exact) mass is 337 g/mol. The normalized spacial score (nSPS) is 29.7. The topological polar surface area (TPSA) is 30.9 Å². The van der Waals surface area contributed by atoms with Crippen molar-refractivity contribution < 1.29 is 25.2 Å². The Morgan fingerprint density at radius 3 is 2.14 bits per heavy atom. The molecule has 0 radical (unpaired) electrons. The van der Waals surface area contributed by atoms with E-state index in [2.05, 4.69) is 11.7 Å². The van der Waals surface area contributed by atoms with E-state index >= 15 is 0 Å². The summed E-state index contributed by atoms with van der Waals surface area (Å²) in [6, 6.07) is 7.00. The summed E-state index contributed by atoms with van der Waals surface area (Å²) >= 11 is 0. The molecule has 0 amide bonds. The lowest BCUT2D eigenvalue weighted by molar-refractivity contribution is 0.0358. The second kappa shape index (κ2) is 11.6. The molecular weight excluding hydrogens is 302 g/mol. The van der Waals surface area contributed by atoms with Crippen LogP contribution in [0.4, 0.5) is 0 Å². The maximum atomic E-state index is 7.94. The van der Waals surface area contributed by atoms with Crippen LogP contribution in [-0.4, -0.2) is 50.8 Å². The zero-order valence-electron chi connectivity index (χ0n) is 20.6. The standard InChI is InChI=1S/C17H27NO3.ClH/c1-2-3-12-20-16-5-7-17(8-6-16)21-13-4-9-18-10-14-19-15-11-18;/h5-8H,2-4,9-15H2,1H3;1H/i10D2,11D2,14D2,15D2;. The third-order valence-electron chi connectivity index (χ3n) is 2.85. The highest BCUT2D eigenvalue weighted by molar-refractivity contribution is 5.85. The molecule has 0 atom stereocenters. The molecule has 1 aliphatic rings. The lowest BCUT2D eigenvalue weighted by Gasteiger charge is -2.26. The lowest BCUT2D eigenvalue weighted by atomic mass is 10.3. The molecule has 1 aliphatic heterocycles. The summed E-state index contributed by atoms with van der Waals surface area (Å²) in [4.78, 5) is 0.525. The highest BCUT2D eigenvalue weighted by Crippen LogP contribution is 2.18. The van der Waals surface area contributed by atoms with Gasteiger partial charge in [-0.2, -0.15) is 0 Å². The number of unbranched alkanes of at least 4 members (excludes halogenated alkanes) is 1. The van der Waals surface area contributed by atoms with Crippen molar-refractivity contribution in [2.24, 2.45) is 0 Å². The fraction of sp³-hybridized carbons (Fsp3) is 0.647. The molecule has 0 bridgehead atoms. The average molecular weight is 338 g/mol. The van der Waals surface area contributed by atoms with Gasteiger partial charge in [-0.1, -0.05) is 13.3 Å². The average Bonchev–Trinajstić information content (AvgIpc) is 2.60. The molecule has 0 aliphatic carbocycles. The summed E-state index contributed by atoms with van der Waals surface area (Å²) < 4.78 is 78.0. The SMILES string of the molecule is Cl.[2H]C1([2H])OC([2H])([2H])C([2H])([2H])N(CCCOc2ccc(OCCCC)cc2)C1([2H])[2H]. The Bertz CT molecular complexity index is 649. The Morgan fingerprint density at radius 1 is 1.05 bits per heavy atom. The van der Waals surface area contributed by atoms with Crippen molar-refractivity contribution >= 4 is 12.4 Å². The molecule has 1 saturated heterocycles. The molecule has 0 aromatic heterocycles. The first kappa shape index (κ1) is 10.0. The van der Waals surface area contributed by atoms with Crippen molar-refractivity contribution in [1.82, 2.24) is 4.90 Å². The van der Waals surface area contributed by atoms with Crippen LogP contribution in [0, 0.1) is 0 Å². The molecular formula is C17H28ClNO3. The summed E-state index contributed by atoms with van der Waals surface area (Å²) in [7, 11) is 0. The Kier molecular flexibility index (Phi) is 5.27. The van der Waals surface area contributed by atoms with E-state index < -0.39 is 26.1 Å². The van der Waals surface area contributed by atoms with Crippen LogP contribution in [0.15, 0.2) is 24.3 Å². The quantitative estimate of drug-likeness (QED) is 0.646. The molecule has 22 heavy (non-hydrogen) atoms. The van der Waals surface area contributed by atoms with Gasteiger partial charge in [0.2, 0.25) is 0 Å². The van der Waals surface area contributed by atoms with Crippen molar-refractivity contribution in [3.63, 3.8) is 0 Å². The molecule has 0 N–H and O–H groups in total. The highest BCUT2D eigenvalue weighted by Gasteiger charge is 2.09. The van der Waals surface area contributed by atoms with Gasteiger partial charge < -0.3 is 14.2 Å². The van der Waals surface area contributed by atoms with Crippen LogP contribution in [-0.2, 0) is 4.74 Å². The second-order valence-corrected chi connectivity index (χ2v) is 4.56. The van der Waals surface area contributed by atoms with Gasteiger partial charge in [-0.3, -0.25) is 4.90 Å². The molecule has 0 unspecified atom stereocenters. The predicted molar refractivity (Wildman–Crippen MR) is 91.5 cm³/mol. The van der Waals surface area contributed by atoms with Crippen molar-refractivity contribution in [2.45, 2.75) is 26.2 Å². The minimum atomic E-state index is -3.02. The van der Waals surface area contributed by atoms with Crippen molar-refractivity contribution in [3.8, 4) is 11.5 Å². The van der Waals surface area contributed by atoms with E-state index in [0.717, 1.165) is 18.6 Å². The van der Waals surface area contributed by atoms with Gasteiger partial charge in [-0.15, -0.1) is 12.4 Å². The number of halogens is 1. The first-order valence-electron chi connectivity index (χ1n) is 11.2. The predicted octanol–water partition coefficient (Wildman–Crippen LogP) is 3.39. The van der Waals surface area contributed by atoms with Gasteiger partial charge in [0.15, 0.2) is 0 Å². The Labute approximate surface area is 151 Å². The van der Waals surface area contributed by atoms with E-state index in [1.807, 2.05) is 0 Å². The molecule has 1 aromatic carbocycles. The van der Waals surface area contributed by atoms with Crippen LogP contribution >= 0.6 is 12.4 Å². The molecule has 1 aromatic rings. The molecule has 0 saturated carbocycles. The Balaban J connectivity index is 0.00000450. The van der Waals surface area contributed by atoms with Crippen molar-refractivity contribution in [3.05, 3.63) is 24.3 Å². The third-order valence-corrected chi connectivity index (χ3v) is 2.85. The number of ether oxygens (including phenoxy) is 3. The van der Waals surface area contributed by atoms with E-state index in [-0.39, 0.29) is 32.0 Å². The minimum absolute atomic E-state index is 0. The largest absolute Gasteiger partial charge is 0.494 e. The first-order valence-corrected chi connectivity index (χ1v) is 7.19. The number of nitrogens with zero attached hydrogens (tertiary/aromatic N) is 1. The van der Waals surface area contributed by atoms with E-state index in [4.69, 9.17) is 20.4 Å². The fourth-order valence-electron chi connectivity index (χ4n) is 1.70. The molecule has 0 spiro atoms. The summed E-state index contributed by atoms with van der Waals surface area (Å²) in [5.41, 5.74) is 0. The van der Waals surface area contributed by atoms with Crippen molar-refractivity contribution in [2.75, 3.05) is 45.9 Å². The number of benzene rings is 1. The maximum Gasteiger partial charge on any atom is 0.119 e. The van der Waals surface area contributed by atoms with Crippen molar-refractivity contribution in [1.29, 1.82) is 0 Å². The van der Waals surface area contributed by atoms with Gasteiger partial charge in [0.05, 0.1) is 31.8 Å². The van der Waals surface area contributed by atoms with Crippen LogP contribution in [0.3, 0.4) is 0 Å². The summed E-state index contributed by atoms with van der Waals surface area (Å²) in [5.74, 6) is 1.29. The number of rotatable bonds is 9. The van der Waals surface area contributed by atoms with Gasteiger partial charge in [-0.25, -0.2) is 0 Å². The highest BCUT2D eigenvalue weighted by atomic mass is 35.5. The first-order chi connectivity index (χ1) is 13.3. The molecule has 126 valence electrons. The Morgan fingerprint density at radius 2 is 1.59 bits per heavy atom. The summed E-state index contributed by atoms with van der Waals surface area (Å²) in [5, 5.41) is 0. The smallest absolute Gasteiger partial charge is 0.119 e. The van der Waals surface area contributed by atoms with E-state index in [0.29, 0.717) is 17.3 Å². The van der Waals surface area contributed by atoms with Crippen LogP contribution in [0.2, 0.25) is 0 Å². The lowest BCUT2D eigenvalue weighted by Crippen LogP contribution is -2.37. The third kappa shape index (κ3) is 7.34. The molecule has 2 rings (SSSR count).